The van der Waals surface area contributed by atoms with Crippen molar-refractivity contribution in [3.63, 3.8) is 0 Å². The summed E-state index contributed by atoms with van der Waals surface area (Å²) in [6, 6.07) is 1.70. The summed E-state index contributed by atoms with van der Waals surface area (Å²) in [5, 5.41) is 9.33. The number of nitrogens with zero attached hydrogens (tertiary/aromatic N) is 1. The molecule has 0 spiro atoms. The van der Waals surface area contributed by atoms with Crippen molar-refractivity contribution in [2.75, 3.05) is 0 Å². The van der Waals surface area contributed by atoms with E-state index in [2.05, 4.69) is 0 Å². The van der Waals surface area contributed by atoms with E-state index in [9.17, 15) is 9.90 Å². The quantitative estimate of drug-likeness (QED) is 0.611. The SMILES string of the molecule is Cn1c(O)cc2c(c1=O)CCC2. The molecule has 1 heterocycles. The summed E-state index contributed by atoms with van der Waals surface area (Å²) in [5.41, 5.74) is 1.87. The Morgan fingerprint density at radius 1 is 1.50 bits per heavy atom. The second-order valence-electron chi connectivity index (χ2n) is 3.22. The molecule has 0 unspecified atom stereocenters. The number of pyridine rings is 1. The van der Waals surface area contributed by atoms with E-state index in [1.54, 1.807) is 13.1 Å². The molecule has 0 fully saturated rings. The summed E-state index contributed by atoms with van der Waals surface area (Å²) >= 11 is 0. The summed E-state index contributed by atoms with van der Waals surface area (Å²) in [5.74, 6) is 0.0700. The third-order valence-corrected chi connectivity index (χ3v) is 2.47. The van der Waals surface area contributed by atoms with E-state index in [0.717, 1.165) is 30.4 Å². The molecule has 0 amide bonds. The largest absolute Gasteiger partial charge is 0.494 e. The maximum Gasteiger partial charge on any atom is 0.256 e. The molecular formula is C9H11NO2. The number of aryl methyl sites for hydroxylation is 1. The van der Waals surface area contributed by atoms with Crippen LogP contribution in [0, 0.1) is 0 Å². The van der Waals surface area contributed by atoms with Crippen LogP contribution in [0.1, 0.15) is 17.5 Å². The molecule has 0 saturated heterocycles. The van der Waals surface area contributed by atoms with E-state index in [0.29, 0.717) is 0 Å². The molecule has 0 atom stereocenters. The minimum Gasteiger partial charge on any atom is -0.494 e. The van der Waals surface area contributed by atoms with Crippen molar-refractivity contribution in [2.45, 2.75) is 19.3 Å². The number of aromatic nitrogens is 1. The van der Waals surface area contributed by atoms with Gasteiger partial charge in [0.1, 0.15) is 0 Å². The molecule has 12 heavy (non-hydrogen) atoms. The fraction of sp³-hybridized carbons (Fsp3) is 0.444. The highest BCUT2D eigenvalue weighted by atomic mass is 16.3. The standard InChI is InChI=1S/C9H11NO2/c1-10-8(11)5-6-3-2-4-7(6)9(10)12/h5,11H,2-4H2,1H3. The van der Waals surface area contributed by atoms with Crippen LogP contribution in [0.15, 0.2) is 10.9 Å². The monoisotopic (exact) mass is 165 g/mol. The molecule has 1 aromatic heterocycles. The predicted octanol–water partition coefficient (Wildman–Crippen LogP) is 0.580. The number of aromatic hydroxyl groups is 1. The molecule has 0 aliphatic heterocycles. The molecule has 2 rings (SSSR count). The fourth-order valence-corrected chi connectivity index (χ4v) is 1.73. The number of hydrogen-bond acceptors (Lipinski definition) is 2. The number of rotatable bonds is 0. The fourth-order valence-electron chi connectivity index (χ4n) is 1.73. The van der Waals surface area contributed by atoms with Gasteiger partial charge in [0.05, 0.1) is 0 Å². The minimum absolute atomic E-state index is 0.0394. The van der Waals surface area contributed by atoms with E-state index in [1.165, 1.54) is 4.57 Å². The highest BCUT2D eigenvalue weighted by Crippen LogP contribution is 2.21. The molecule has 0 aromatic carbocycles. The van der Waals surface area contributed by atoms with Crippen molar-refractivity contribution >= 4 is 0 Å². The van der Waals surface area contributed by atoms with Crippen LogP contribution in [0.4, 0.5) is 0 Å². The molecule has 0 bridgehead atoms. The topological polar surface area (TPSA) is 42.2 Å². The molecule has 0 saturated carbocycles. The van der Waals surface area contributed by atoms with Crippen molar-refractivity contribution in [3.05, 3.63) is 27.5 Å². The van der Waals surface area contributed by atoms with Crippen LogP contribution >= 0.6 is 0 Å². The van der Waals surface area contributed by atoms with E-state index >= 15 is 0 Å². The van der Waals surface area contributed by atoms with Crippen LogP contribution in [0.3, 0.4) is 0 Å². The molecule has 64 valence electrons. The van der Waals surface area contributed by atoms with Crippen molar-refractivity contribution in [1.82, 2.24) is 4.57 Å². The van der Waals surface area contributed by atoms with Crippen LogP contribution in [0.2, 0.25) is 0 Å². The van der Waals surface area contributed by atoms with Gasteiger partial charge in [0.2, 0.25) is 0 Å². The van der Waals surface area contributed by atoms with Gasteiger partial charge >= 0.3 is 0 Å². The molecule has 1 N–H and O–H groups in total. The normalized spacial score (nSPS) is 14.8. The maximum absolute atomic E-state index is 11.5. The summed E-state index contributed by atoms with van der Waals surface area (Å²) in [6.07, 6.45) is 2.83. The molecule has 0 radical (unpaired) electrons. The lowest BCUT2D eigenvalue weighted by atomic mass is 10.2. The van der Waals surface area contributed by atoms with Gasteiger partial charge in [0.25, 0.3) is 5.56 Å². The van der Waals surface area contributed by atoms with Gasteiger partial charge < -0.3 is 5.11 Å². The van der Waals surface area contributed by atoms with E-state index in [4.69, 9.17) is 0 Å². The van der Waals surface area contributed by atoms with Crippen LogP contribution in [0.25, 0.3) is 0 Å². The van der Waals surface area contributed by atoms with Crippen LogP contribution in [0.5, 0.6) is 5.88 Å². The maximum atomic E-state index is 11.5. The molecule has 3 heteroatoms. The highest BCUT2D eigenvalue weighted by molar-refractivity contribution is 5.33. The molecule has 1 aliphatic rings. The third-order valence-electron chi connectivity index (χ3n) is 2.47. The minimum atomic E-state index is -0.0394. The van der Waals surface area contributed by atoms with Crippen molar-refractivity contribution < 1.29 is 5.11 Å². The van der Waals surface area contributed by atoms with Gasteiger partial charge in [0, 0.05) is 18.7 Å². The summed E-state index contributed by atoms with van der Waals surface area (Å²) < 4.78 is 1.30. The second kappa shape index (κ2) is 2.37. The Kier molecular flexibility index (Phi) is 1.46. The first-order chi connectivity index (χ1) is 5.70. The van der Waals surface area contributed by atoms with Gasteiger partial charge in [-0.05, 0) is 24.8 Å². The first-order valence-corrected chi connectivity index (χ1v) is 4.11. The zero-order valence-corrected chi connectivity index (χ0v) is 7.00. The lowest BCUT2D eigenvalue weighted by Crippen LogP contribution is -2.20. The van der Waals surface area contributed by atoms with Crippen molar-refractivity contribution in [2.24, 2.45) is 7.05 Å². The smallest absolute Gasteiger partial charge is 0.256 e. The summed E-state index contributed by atoms with van der Waals surface area (Å²) in [7, 11) is 1.59. The van der Waals surface area contributed by atoms with Gasteiger partial charge in [-0.25, -0.2) is 0 Å². The van der Waals surface area contributed by atoms with Crippen LogP contribution in [-0.4, -0.2) is 9.67 Å². The lowest BCUT2D eigenvalue weighted by Gasteiger charge is -2.04. The van der Waals surface area contributed by atoms with Gasteiger partial charge in [-0.1, -0.05) is 0 Å². The molecule has 1 aliphatic carbocycles. The van der Waals surface area contributed by atoms with Gasteiger partial charge in [-0.2, -0.15) is 0 Å². The Bertz CT molecular complexity index is 379. The van der Waals surface area contributed by atoms with E-state index in [1.807, 2.05) is 0 Å². The lowest BCUT2D eigenvalue weighted by molar-refractivity contribution is 0.422. The second-order valence-corrected chi connectivity index (χ2v) is 3.22. The van der Waals surface area contributed by atoms with Crippen LogP contribution < -0.4 is 5.56 Å². The van der Waals surface area contributed by atoms with Crippen molar-refractivity contribution in [1.29, 1.82) is 0 Å². The average Bonchev–Trinajstić information content (AvgIpc) is 2.48. The first kappa shape index (κ1) is 7.40. The van der Waals surface area contributed by atoms with Gasteiger partial charge in [-0.15, -0.1) is 0 Å². The van der Waals surface area contributed by atoms with E-state index in [-0.39, 0.29) is 11.4 Å². The van der Waals surface area contributed by atoms with Crippen molar-refractivity contribution in [3.8, 4) is 5.88 Å². The Morgan fingerprint density at radius 3 is 3.00 bits per heavy atom. The number of hydrogen-bond donors (Lipinski definition) is 1. The Morgan fingerprint density at radius 2 is 2.25 bits per heavy atom. The number of fused-ring (bicyclic) bond motifs is 1. The Hall–Kier alpha value is -1.25. The summed E-state index contributed by atoms with van der Waals surface area (Å²) in [4.78, 5) is 11.5. The zero-order chi connectivity index (χ0) is 8.72. The first-order valence-electron chi connectivity index (χ1n) is 4.11. The van der Waals surface area contributed by atoms with Crippen LogP contribution in [-0.2, 0) is 19.9 Å². The average molecular weight is 165 g/mol. The predicted molar refractivity (Wildman–Crippen MR) is 45.4 cm³/mol. The summed E-state index contributed by atoms with van der Waals surface area (Å²) in [6.45, 7) is 0. The Balaban J connectivity index is 2.76. The molecular weight excluding hydrogens is 154 g/mol. The third kappa shape index (κ3) is 0.858. The van der Waals surface area contributed by atoms with E-state index < -0.39 is 0 Å². The molecule has 3 nitrogen and oxygen atoms in total. The van der Waals surface area contributed by atoms with Gasteiger partial charge in [0.15, 0.2) is 5.88 Å². The Labute approximate surface area is 70.3 Å². The highest BCUT2D eigenvalue weighted by Gasteiger charge is 2.16. The zero-order valence-electron chi connectivity index (χ0n) is 7.00. The molecule has 1 aromatic rings. The van der Waals surface area contributed by atoms with Gasteiger partial charge in [-0.3, -0.25) is 9.36 Å².